The maximum atomic E-state index is 12.7. The molecular weight excluding hydrogens is 418 g/mol. The van der Waals surface area contributed by atoms with Crippen molar-refractivity contribution in [3.63, 3.8) is 0 Å². The Bertz CT molecular complexity index is 1200. The Morgan fingerprint density at radius 3 is 2.34 bits per heavy atom. The second kappa shape index (κ2) is 9.78. The van der Waals surface area contributed by atoms with Crippen LogP contribution in [-0.2, 0) is 11.3 Å². The van der Waals surface area contributed by atoms with Crippen molar-refractivity contribution in [3.8, 4) is 11.4 Å². The zero-order valence-electron chi connectivity index (χ0n) is 18.4. The van der Waals surface area contributed by atoms with Crippen LogP contribution in [0.3, 0.4) is 0 Å². The van der Waals surface area contributed by atoms with Gasteiger partial charge in [0.25, 0.3) is 0 Å². The van der Waals surface area contributed by atoms with E-state index in [1.165, 1.54) is 17.3 Å². The number of amides is 1. The van der Waals surface area contributed by atoms with Gasteiger partial charge in [0.15, 0.2) is 11.0 Å². The summed E-state index contributed by atoms with van der Waals surface area (Å²) in [6.07, 6.45) is 3.48. The lowest BCUT2D eigenvalue weighted by Gasteiger charge is -2.13. The molecular formula is C25H25N5OS. The summed E-state index contributed by atoms with van der Waals surface area (Å²) in [5, 5.41) is 12.6. The molecule has 6 nitrogen and oxygen atoms in total. The number of nitrogens with one attached hydrogen (secondary N) is 1. The van der Waals surface area contributed by atoms with E-state index in [4.69, 9.17) is 0 Å². The van der Waals surface area contributed by atoms with Gasteiger partial charge in [-0.05, 0) is 49.6 Å². The molecule has 7 heteroatoms. The van der Waals surface area contributed by atoms with E-state index >= 15 is 0 Å². The van der Waals surface area contributed by atoms with E-state index in [1.807, 2.05) is 48.7 Å². The minimum absolute atomic E-state index is 0.0650. The summed E-state index contributed by atoms with van der Waals surface area (Å²) in [7, 11) is 0. The molecule has 0 radical (unpaired) electrons. The molecule has 1 amide bonds. The van der Waals surface area contributed by atoms with E-state index in [0.717, 1.165) is 33.8 Å². The Labute approximate surface area is 192 Å². The van der Waals surface area contributed by atoms with Crippen molar-refractivity contribution in [2.75, 3.05) is 11.1 Å². The molecule has 0 atom stereocenters. The molecule has 0 aliphatic rings. The number of carbonyl (C=O) groups is 1. The van der Waals surface area contributed by atoms with Crippen molar-refractivity contribution in [2.24, 2.45) is 0 Å². The molecule has 0 spiro atoms. The van der Waals surface area contributed by atoms with E-state index in [0.29, 0.717) is 11.7 Å². The average molecular weight is 444 g/mol. The summed E-state index contributed by atoms with van der Waals surface area (Å²) in [5.74, 6) is 0.935. The normalized spacial score (nSPS) is 10.8. The molecule has 4 rings (SSSR count). The van der Waals surface area contributed by atoms with Crippen molar-refractivity contribution in [1.82, 2.24) is 19.7 Å². The summed E-state index contributed by atoms with van der Waals surface area (Å²) in [5.41, 5.74) is 6.26. The van der Waals surface area contributed by atoms with E-state index < -0.39 is 0 Å². The highest BCUT2D eigenvalue weighted by molar-refractivity contribution is 7.99. The quantitative estimate of drug-likeness (QED) is 0.405. The lowest BCUT2D eigenvalue weighted by molar-refractivity contribution is -0.113. The third kappa shape index (κ3) is 5.06. The minimum Gasteiger partial charge on any atom is -0.325 e. The second-order valence-corrected chi connectivity index (χ2v) is 8.67. The molecule has 0 bridgehead atoms. The van der Waals surface area contributed by atoms with Crippen LogP contribution < -0.4 is 5.32 Å². The lowest BCUT2D eigenvalue weighted by Crippen LogP contribution is -2.16. The van der Waals surface area contributed by atoms with E-state index in [2.05, 4.69) is 51.7 Å². The standard InChI is InChI=1S/C25H25N5OS/c1-17-13-18(2)23(19(3)14-17)27-22(31)16-32-25-29-28-24(21-9-11-26-12-10-21)30(25)15-20-7-5-4-6-8-20/h4-14H,15-16H2,1-3H3,(H,27,31). The Morgan fingerprint density at radius 1 is 0.969 bits per heavy atom. The molecule has 0 aliphatic carbocycles. The highest BCUT2D eigenvalue weighted by atomic mass is 32.2. The molecule has 4 aromatic rings. The van der Waals surface area contributed by atoms with Crippen LogP contribution in [0, 0.1) is 20.8 Å². The van der Waals surface area contributed by atoms with Gasteiger partial charge in [-0.25, -0.2) is 0 Å². The van der Waals surface area contributed by atoms with Crippen molar-refractivity contribution >= 4 is 23.4 Å². The predicted molar refractivity (Wildman–Crippen MR) is 129 cm³/mol. The van der Waals surface area contributed by atoms with Gasteiger partial charge in [0.2, 0.25) is 5.91 Å². The fourth-order valence-electron chi connectivity index (χ4n) is 3.70. The van der Waals surface area contributed by atoms with Gasteiger partial charge in [0.05, 0.1) is 12.3 Å². The van der Waals surface area contributed by atoms with Gasteiger partial charge in [0, 0.05) is 23.6 Å². The number of aromatic nitrogens is 4. The predicted octanol–water partition coefficient (Wildman–Crippen LogP) is 5.04. The van der Waals surface area contributed by atoms with Crippen LogP contribution in [0.2, 0.25) is 0 Å². The molecule has 32 heavy (non-hydrogen) atoms. The monoisotopic (exact) mass is 443 g/mol. The summed E-state index contributed by atoms with van der Waals surface area (Å²) in [4.78, 5) is 16.8. The van der Waals surface area contributed by atoms with Crippen LogP contribution in [0.1, 0.15) is 22.3 Å². The van der Waals surface area contributed by atoms with Gasteiger partial charge in [-0.2, -0.15) is 0 Å². The van der Waals surface area contributed by atoms with Crippen LogP contribution in [0.5, 0.6) is 0 Å². The summed E-state index contributed by atoms with van der Waals surface area (Å²) in [6.45, 7) is 6.70. The zero-order chi connectivity index (χ0) is 22.5. The third-order valence-corrected chi connectivity index (χ3v) is 6.08. The molecule has 0 saturated carbocycles. The number of carbonyl (C=O) groups excluding carboxylic acids is 1. The lowest BCUT2D eigenvalue weighted by atomic mass is 10.1. The smallest absolute Gasteiger partial charge is 0.234 e. The van der Waals surface area contributed by atoms with Crippen LogP contribution in [0.4, 0.5) is 5.69 Å². The topological polar surface area (TPSA) is 72.7 Å². The van der Waals surface area contributed by atoms with Crippen LogP contribution in [-0.4, -0.2) is 31.4 Å². The van der Waals surface area contributed by atoms with Gasteiger partial charge >= 0.3 is 0 Å². The van der Waals surface area contributed by atoms with Crippen molar-refractivity contribution in [2.45, 2.75) is 32.5 Å². The van der Waals surface area contributed by atoms with Gasteiger partial charge in [-0.1, -0.05) is 59.8 Å². The van der Waals surface area contributed by atoms with E-state index in [1.54, 1.807) is 12.4 Å². The molecule has 0 aliphatic heterocycles. The number of nitrogens with zero attached hydrogens (tertiary/aromatic N) is 4. The SMILES string of the molecule is Cc1cc(C)c(NC(=O)CSc2nnc(-c3ccncc3)n2Cc2ccccc2)c(C)c1. The first-order valence-corrected chi connectivity index (χ1v) is 11.4. The highest BCUT2D eigenvalue weighted by Gasteiger charge is 2.17. The van der Waals surface area contributed by atoms with Crippen LogP contribution >= 0.6 is 11.8 Å². The second-order valence-electron chi connectivity index (χ2n) is 7.72. The maximum Gasteiger partial charge on any atom is 0.234 e. The number of hydrogen-bond acceptors (Lipinski definition) is 5. The van der Waals surface area contributed by atoms with E-state index in [-0.39, 0.29) is 11.7 Å². The maximum absolute atomic E-state index is 12.7. The summed E-state index contributed by atoms with van der Waals surface area (Å²) >= 11 is 1.39. The number of pyridine rings is 1. The third-order valence-electron chi connectivity index (χ3n) is 5.11. The molecule has 2 heterocycles. The van der Waals surface area contributed by atoms with Gasteiger partial charge < -0.3 is 5.32 Å². The number of hydrogen-bond donors (Lipinski definition) is 1. The number of rotatable bonds is 7. The molecule has 0 fully saturated rings. The summed E-state index contributed by atoms with van der Waals surface area (Å²) < 4.78 is 2.05. The molecule has 2 aromatic heterocycles. The fourth-order valence-corrected chi connectivity index (χ4v) is 4.44. The Kier molecular flexibility index (Phi) is 6.66. The van der Waals surface area contributed by atoms with Crippen LogP contribution in [0.15, 0.2) is 72.1 Å². The number of benzene rings is 2. The molecule has 1 N–H and O–H groups in total. The first-order chi connectivity index (χ1) is 15.5. The number of anilines is 1. The largest absolute Gasteiger partial charge is 0.325 e. The minimum atomic E-state index is -0.0650. The van der Waals surface area contributed by atoms with Crippen molar-refractivity contribution in [3.05, 3.63) is 89.2 Å². The number of aryl methyl sites for hydroxylation is 3. The average Bonchev–Trinajstić information content (AvgIpc) is 3.18. The highest BCUT2D eigenvalue weighted by Crippen LogP contribution is 2.26. The Morgan fingerprint density at radius 2 is 1.66 bits per heavy atom. The Balaban J connectivity index is 1.54. The molecule has 2 aromatic carbocycles. The fraction of sp³-hybridized carbons (Fsp3) is 0.200. The molecule has 0 unspecified atom stereocenters. The first-order valence-electron chi connectivity index (χ1n) is 10.4. The van der Waals surface area contributed by atoms with Gasteiger partial charge in [0.1, 0.15) is 0 Å². The summed E-state index contributed by atoms with van der Waals surface area (Å²) in [6, 6.07) is 18.1. The van der Waals surface area contributed by atoms with Gasteiger partial charge in [-0.15, -0.1) is 10.2 Å². The first kappa shape index (κ1) is 21.8. The van der Waals surface area contributed by atoms with Crippen molar-refractivity contribution < 1.29 is 4.79 Å². The molecule has 162 valence electrons. The van der Waals surface area contributed by atoms with Crippen LogP contribution in [0.25, 0.3) is 11.4 Å². The zero-order valence-corrected chi connectivity index (χ0v) is 19.2. The van der Waals surface area contributed by atoms with Gasteiger partial charge in [-0.3, -0.25) is 14.3 Å². The van der Waals surface area contributed by atoms with E-state index in [9.17, 15) is 4.79 Å². The Hall–Kier alpha value is -3.45. The molecule has 0 saturated heterocycles. The number of thioether (sulfide) groups is 1. The van der Waals surface area contributed by atoms with Crippen molar-refractivity contribution in [1.29, 1.82) is 0 Å².